The molecule has 1 aromatic heterocycles. The van der Waals surface area contributed by atoms with Crippen molar-refractivity contribution in [2.45, 2.75) is 13.5 Å². The van der Waals surface area contributed by atoms with Gasteiger partial charge in [-0.25, -0.2) is 9.37 Å². The first-order valence-corrected chi connectivity index (χ1v) is 9.80. The molecule has 0 aliphatic carbocycles. The predicted molar refractivity (Wildman–Crippen MR) is 106 cm³/mol. The molecule has 0 atom stereocenters. The van der Waals surface area contributed by atoms with Gasteiger partial charge in [0.2, 0.25) is 0 Å². The molecule has 0 amide bonds. The zero-order chi connectivity index (χ0) is 17.9. The SMILES string of the molecule is Cc1cccc(-c2nc(CN3CCN(c4ccccc4F)CC3)cs2)c1. The molecule has 26 heavy (non-hydrogen) atoms. The maximum Gasteiger partial charge on any atom is 0.146 e. The lowest BCUT2D eigenvalue weighted by Gasteiger charge is -2.35. The first-order valence-electron chi connectivity index (χ1n) is 8.92. The van der Waals surface area contributed by atoms with Gasteiger partial charge in [0.05, 0.1) is 11.4 Å². The maximum atomic E-state index is 13.9. The van der Waals surface area contributed by atoms with Gasteiger partial charge in [-0.15, -0.1) is 11.3 Å². The fourth-order valence-corrected chi connectivity index (χ4v) is 4.18. The van der Waals surface area contributed by atoms with E-state index in [1.165, 1.54) is 17.2 Å². The Kier molecular flexibility index (Phi) is 5.00. The largest absolute Gasteiger partial charge is 0.367 e. The summed E-state index contributed by atoms with van der Waals surface area (Å²) >= 11 is 1.70. The number of hydrogen-bond acceptors (Lipinski definition) is 4. The van der Waals surface area contributed by atoms with Crippen molar-refractivity contribution >= 4 is 17.0 Å². The van der Waals surface area contributed by atoms with E-state index in [-0.39, 0.29) is 5.82 Å². The Morgan fingerprint density at radius 3 is 2.62 bits per heavy atom. The van der Waals surface area contributed by atoms with E-state index in [1.54, 1.807) is 17.4 Å². The third-order valence-electron chi connectivity index (χ3n) is 4.77. The highest BCUT2D eigenvalue weighted by Crippen LogP contribution is 2.26. The fourth-order valence-electron chi connectivity index (χ4n) is 3.37. The van der Waals surface area contributed by atoms with Gasteiger partial charge in [-0.3, -0.25) is 4.90 Å². The molecule has 0 saturated carbocycles. The van der Waals surface area contributed by atoms with Gasteiger partial charge in [-0.1, -0.05) is 35.9 Å². The van der Waals surface area contributed by atoms with E-state index < -0.39 is 0 Å². The number of hydrogen-bond donors (Lipinski definition) is 0. The zero-order valence-corrected chi connectivity index (χ0v) is 15.7. The number of thiazole rings is 1. The van der Waals surface area contributed by atoms with E-state index in [4.69, 9.17) is 4.98 Å². The highest BCUT2D eigenvalue weighted by Gasteiger charge is 2.20. The van der Waals surface area contributed by atoms with Crippen LogP contribution in [0.15, 0.2) is 53.9 Å². The molecular formula is C21H22FN3S. The number of aromatic nitrogens is 1. The number of piperazine rings is 1. The standard InChI is InChI=1S/C21H22FN3S/c1-16-5-4-6-17(13-16)21-23-18(15-26-21)14-24-9-11-25(12-10-24)20-8-3-2-7-19(20)22/h2-8,13,15H,9-12,14H2,1H3. The Morgan fingerprint density at radius 1 is 1.04 bits per heavy atom. The number of anilines is 1. The summed E-state index contributed by atoms with van der Waals surface area (Å²) in [4.78, 5) is 9.34. The Labute approximate surface area is 157 Å². The van der Waals surface area contributed by atoms with Crippen molar-refractivity contribution in [3.63, 3.8) is 0 Å². The molecule has 0 bridgehead atoms. The fraction of sp³-hybridized carbons (Fsp3) is 0.286. The molecule has 134 valence electrons. The molecule has 1 aliphatic rings. The van der Waals surface area contributed by atoms with Crippen LogP contribution >= 0.6 is 11.3 Å². The molecule has 2 heterocycles. The molecule has 0 radical (unpaired) electrons. The highest BCUT2D eigenvalue weighted by molar-refractivity contribution is 7.13. The molecule has 1 fully saturated rings. The minimum atomic E-state index is -0.136. The lowest BCUT2D eigenvalue weighted by Crippen LogP contribution is -2.46. The average molecular weight is 367 g/mol. The van der Waals surface area contributed by atoms with E-state index in [1.807, 2.05) is 12.1 Å². The van der Waals surface area contributed by atoms with Crippen LogP contribution in [0.3, 0.4) is 0 Å². The number of nitrogens with zero attached hydrogens (tertiary/aromatic N) is 3. The van der Waals surface area contributed by atoms with Crippen molar-refractivity contribution in [2.75, 3.05) is 31.1 Å². The van der Waals surface area contributed by atoms with Crippen LogP contribution in [0.5, 0.6) is 0 Å². The summed E-state index contributed by atoms with van der Waals surface area (Å²) in [5, 5.41) is 3.23. The van der Waals surface area contributed by atoms with Crippen LogP contribution in [0.4, 0.5) is 10.1 Å². The van der Waals surface area contributed by atoms with Crippen LogP contribution in [-0.4, -0.2) is 36.1 Å². The van der Waals surface area contributed by atoms with Crippen molar-refractivity contribution in [3.8, 4) is 10.6 Å². The van der Waals surface area contributed by atoms with Crippen LogP contribution in [-0.2, 0) is 6.54 Å². The van der Waals surface area contributed by atoms with E-state index in [0.29, 0.717) is 5.69 Å². The number of aryl methyl sites for hydroxylation is 1. The Morgan fingerprint density at radius 2 is 1.85 bits per heavy atom. The van der Waals surface area contributed by atoms with Crippen LogP contribution < -0.4 is 4.90 Å². The highest BCUT2D eigenvalue weighted by atomic mass is 32.1. The van der Waals surface area contributed by atoms with Gasteiger partial charge in [0.1, 0.15) is 10.8 Å². The van der Waals surface area contributed by atoms with Gasteiger partial charge in [0.25, 0.3) is 0 Å². The van der Waals surface area contributed by atoms with Gasteiger partial charge < -0.3 is 4.90 Å². The van der Waals surface area contributed by atoms with Crippen molar-refractivity contribution in [1.29, 1.82) is 0 Å². The van der Waals surface area contributed by atoms with Gasteiger partial charge >= 0.3 is 0 Å². The van der Waals surface area contributed by atoms with Crippen LogP contribution in [0.2, 0.25) is 0 Å². The van der Waals surface area contributed by atoms with Crippen molar-refractivity contribution in [3.05, 3.63) is 71.0 Å². The van der Waals surface area contributed by atoms with E-state index >= 15 is 0 Å². The third kappa shape index (κ3) is 3.79. The number of halogens is 1. The molecule has 0 unspecified atom stereocenters. The molecule has 0 spiro atoms. The Hall–Kier alpha value is -2.24. The van der Waals surface area contributed by atoms with Crippen molar-refractivity contribution in [1.82, 2.24) is 9.88 Å². The zero-order valence-electron chi connectivity index (χ0n) is 14.9. The number of para-hydroxylation sites is 1. The van der Waals surface area contributed by atoms with E-state index in [9.17, 15) is 4.39 Å². The molecule has 1 aliphatic heterocycles. The van der Waals surface area contributed by atoms with Gasteiger partial charge in [0.15, 0.2) is 0 Å². The second-order valence-electron chi connectivity index (χ2n) is 6.73. The topological polar surface area (TPSA) is 19.4 Å². The smallest absolute Gasteiger partial charge is 0.146 e. The van der Waals surface area contributed by atoms with Gasteiger partial charge in [-0.05, 0) is 25.1 Å². The second kappa shape index (κ2) is 7.56. The molecule has 1 saturated heterocycles. The van der Waals surface area contributed by atoms with Gasteiger partial charge in [-0.2, -0.15) is 0 Å². The van der Waals surface area contributed by atoms with Crippen molar-refractivity contribution < 1.29 is 4.39 Å². The van der Waals surface area contributed by atoms with Crippen LogP contribution in [0.25, 0.3) is 10.6 Å². The molecule has 2 aromatic carbocycles. The molecule has 3 nitrogen and oxygen atoms in total. The first kappa shape index (κ1) is 17.2. The van der Waals surface area contributed by atoms with Crippen LogP contribution in [0, 0.1) is 12.7 Å². The lowest BCUT2D eigenvalue weighted by molar-refractivity contribution is 0.247. The van der Waals surface area contributed by atoms with Gasteiger partial charge in [0, 0.05) is 43.7 Å². The minimum absolute atomic E-state index is 0.136. The van der Waals surface area contributed by atoms with Crippen molar-refractivity contribution in [2.24, 2.45) is 0 Å². The van der Waals surface area contributed by atoms with Crippen LogP contribution in [0.1, 0.15) is 11.3 Å². The molecule has 5 heteroatoms. The quantitative estimate of drug-likeness (QED) is 0.673. The second-order valence-corrected chi connectivity index (χ2v) is 7.59. The normalized spacial score (nSPS) is 15.4. The first-order chi connectivity index (χ1) is 12.7. The summed E-state index contributed by atoms with van der Waals surface area (Å²) in [5.74, 6) is -0.136. The predicted octanol–water partition coefficient (Wildman–Crippen LogP) is 4.58. The number of benzene rings is 2. The maximum absolute atomic E-state index is 13.9. The summed E-state index contributed by atoms with van der Waals surface area (Å²) in [5.41, 5.74) is 4.27. The number of rotatable bonds is 4. The van der Waals surface area contributed by atoms with E-state index in [2.05, 4.69) is 46.4 Å². The Bertz CT molecular complexity index is 884. The third-order valence-corrected chi connectivity index (χ3v) is 5.71. The minimum Gasteiger partial charge on any atom is -0.367 e. The van der Waals surface area contributed by atoms with E-state index in [0.717, 1.165) is 43.4 Å². The average Bonchev–Trinajstić information content (AvgIpc) is 3.12. The molecule has 3 aromatic rings. The lowest BCUT2D eigenvalue weighted by atomic mass is 10.1. The summed E-state index contributed by atoms with van der Waals surface area (Å²) < 4.78 is 13.9. The monoisotopic (exact) mass is 367 g/mol. The summed E-state index contributed by atoms with van der Waals surface area (Å²) in [6, 6.07) is 15.5. The molecule has 0 N–H and O–H groups in total. The summed E-state index contributed by atoms with van der Waals surface area (Å²) in [7, 11) is 0. The summed E-state index contributed by atoms with van der Waals surface area (Å²) in [6.45, 7) is 6.49. The molecule has 4 rings (SSSR count). The Balaban J connectivity index is 1.37. The molecular weight excluding hydrogens is 345 g/mol. The summed E-state index contributed by atoms with van der Waals surface area (Å²) in [6.07, 6.45) is 0.